The summed E-state index contributed by atoms with van der Waals surface area (Å²) in [5.74, 6) is -0.561. The summed E-state index contributed by atoms with van der Waals surface area (Å²) < 4.78 is 1.81. The van der Waals surface area contributed by atoms with E-state index in [0.717, 1.165) is 19.3 Å². The van der Waals surface area contributed by atoms with Crippen LogP contribution in [0.2, 0.25) is 0 Å². The number of benzene rings is 1. The average molecular weight is 383 g/mol. The Kier molecular flexibility index (Phi) is 6.17. The number of carboxylic acids is 1. The van der Waals surface area contributed by atoms with Gasteiger partial charge in [0.2, 0.25) is 5.91 Å². The molecule has 6 heteroatoms. The molecule has 1 atom stereocenters. The number of rotatable bonds is 6. The van der Waals surface area contributed by atoms with Crippen LogP contribution in [0.5, 0.6) is 0 Å². The molecule has 0 spiro atoms. The Morgan fingerprint density at radius 2 is 1.86 bits per heavy atom. The van der Waals surface area contributed by atoms with Crippen molar-refractivity contribution in [3.05, 3.63) is 52.8 Å². The number of piperidine rings is 1. The maximum Gasteiger partial charge on any atom is 0.339 e. The molecule has 1 aliphatic rings. The van der Waals surface area contributed by atoms with Gasteiger partial charge in [-0.3, -0.25) is 9.48 Å². The van der Waals surface area contributed by atoms with E-state index in [4.69, 9.17) is 0 Å². The first-order valence-corrected chi connectivity index (χ1v) is 10.0. The highest BCUT2D eigenvalue weighted by molar-refractivity contribution is 5.88. The fourth-order valence-electron chi connectivity index (χ4n) is 3.95. The van der Waals surface area contributed by atoms with Crippen molar-refractivity contribution in [3.8, 4) is 0 Å². The van der Waals surface area contributed by atoms with Gasteiger partial charge in [0.1, 0.15) is 5.56 Å². The molecule has 1 aromatic heterocycles. The molecule has 3 rings (SSSR count). The molecule has 1 aromatic carbocycles. The highest BCUT2D eigenvalue weighted by Gasteiger charge is 2.27. The molecular formula is C22H29N3O3. The van der Waals surface area contributed by atoms with Crippen LogP contribution in [-0.2, 0) is 11.2 Å². The lowest BCUT2D eigenvalue weighted by Gasteiger charge is -2.33. The second-order valence-corrected chi connectivity index (χ2v) is 7.71. The third-order valence-electron chi connectivity index (χ3n) is 5.88. The Hall–Kier alpha value is -2.63. The van der Waals surface area contributed by atoms with Crippen molar-refractivity contribution in [2.75, 3.05) is 13.1 Å². The number of aryl methyl sites for hydroxylation is 1. The van der Waals surface area contributed by atoms with Crippen molar-refractivity contribution in [3.63, 3.8) is 0 Å². The van der Waals surface area contributed by atoms with Gasteiger partial charge in [0.15, 0.2) is 0 Å². The maximum atomic E-state index is 12.7. The van der Waals surface area contributed by atoms with Crippen molar-refractivity contribution >= 4 is 11.9 Å². The standard InChI is InChI=1S/C22H29N3O3/c1-4-17-5-7-18(8-6-17)15(2)13-21(26)24-11-9-19(10-12-24)25-16(3)20(14-23-25)22(27)28/h5-8,14-15,19H,4,9-13H2,1-3H3,(H,27,28). The van der Waals surface area contributed by atoms with Crippen molar-refractivity contribution in [1.29, 1.82) is 0 Å². The van der Waals surface area contributed by atoms with Gasteiger partial charge in [-0.2, -0.15) is 5.10 Å². The number of likely N-dealkylation sites (tertiary alicyclic amines) is 1. The van der Waals surface area contributed by atoms with Crippen LogP contribution < -0.4 is 0 Å². The summed E-state index contributed by atoms with van der Waals surface area (Å²) >= 11 is 0. The monoisotopic (exact) mass is 383 g/mol. The third kappa shape index (κ3) is 4.26. The lowest BCUT2D eigenvalue weighted by atomic mass is 9.95. The Morgan fingerprint density at radius 1 is 1.21 bits per heavy atom. The molecule has 2 aromatic rings. The van der Waals surface area contributed by atoms with Gasteiger partial charge >= 0.3 is 5.97 Å². The molecule has 1 N–H and O–H groups in total. The van der Waals surface area contributed by atoms with Crippen LogP contribution in [0.1, 0.15) is 72.2 Å². The van der Waals surface area contributed by atoms with Crippen LogP contribution in [0, 0.1) is 6.92 Å². The summed E-state index contributed by atoms with van der Waals surface area (Å²) in [6.07, 6.45) is 4.55. The zero-order valence-corrected chi connectivity index (χ0v) is 16.9. The van der Waals surface area contributed by atoms with Crippen LogP contribution in [0.4, 0.5) is 0 Å². The molecule has 0 bridgehead atoms. The molecule has 28 heavy (non-hydrogen) atoms. The van der Waals surface area contributed by atoms with Gasteiger partial charge in [0.05, 0.1) is 17.9 Å². The number of carbonyl (C=O) groups is 2. The average Bonchev–Trinajstić information content (AvgIpc) is 3.09. The van der Waals surface area contributed by atoms with Gasteiger partial charge in [-0.05, 0) is 43.2 Å². The van der Waals surface area contributed by atoms with E-state index in [1.165, 1.54) is 17.3 Å². The van der Waals surface area contributed by atoms with Gasteiger partial charge in [0, 0.05) is 19.5 Å². The quantitative estimate of drug-likeness (QED) is 0.823. The molecule has 1 fully saturated rings. The third-order valence-corrected chi connectivity index (χ3v) is 5.88. The van der Waals surface area contributed by atoms with Crippen molar-refractivity contribution in [1.82, 2.24) is 14.7 Å². The van der Waals surface area contributed by atoms with E-state index in [-0.39, 0.29) is 23.4 Å². The van der Waals surface area contributed by atoms with Crippen molar-refractivity contribution in [2.45, 2.75) is 58.4 Å². The van der Waals surface area contributed by atoms with Crippen LogP contribution in [0.3, 0.4) is 0 Å². The molecule has 6 nitrogen and oxygen atoms in total. The Labute approximate surface area is 166 Å². The van der Waals surface area contributed by atoms with Crippen molar-refractivity contribution in [2.24, 2.45) is 0 Å². The molecule has 1 amide bonds. The lowest BCUT2D eigenvalue weighted by molar-refractivity contribution is -0.132. The predicted octanol–water partition coefficient (Wildman–Crippen LogP) is 3.81. The first-order valence-electron chi connectivity index (χ1n) is 10.0. The summed E-state index contributed by atoms with van der Waals surface area (Å²) in [5, 5.41) is 13.5. The van der Waals surface area contributed by atoms with E-state index in [1.807, 2.05) is 9.58 Å². The smallest absolute Gasteiger partial charge is 0.339 e. The van der Waals surface area contributed by atoms with Crippen LogP contribution in [0.25, 0.3) is 0 Å². The Morgan fingerprint density at radius 3 is 2.39 bits per heavy atom. The molecule has 0 radical (unpaired) electrons. The minimum Gasteiger partial charge on any atom is -0.478 e. The molecule has 2 heterocycles. The Bertz CT molecular complexity index is 833. The van der Waals surface area contributed by atoms with Gasteiger partial charge in [-0.1, -0.05) is 38.1 Å². The molecule has 150 valence electrons. The number of amides is 1. The van der Waals surface area contributed by atoms with Crippen molar-refractivity contribution < 1.29 is 14.7 Å². The van der Waals surface area contributed by atoms with Crippen LogP contribution >= 0.6 is 0 Å². The summed E-state index contributed by atoms with van der Waals surface area (Å²) in [4.78, 5) is 25.9. The predicted molar refractivity (Wildman–Crippen MR) is 108 cm³/mol. The topological polar surface area (TPSA) is 75.4 Å². The summed E-state index contributed by atoms with van der Waals surface area (Å²) in [6, 6.07) is 8.68. The number of aromatic nitrogens is 2. The normalized spacial score (nSPS) is 16.2. The summed E-state index contributed by atoms with van der Waals surface area (Å²) in [5.41, 5.74) is 3.45. The van der Waals surface area contributed by atoms with Gasteiger partial charge in [-0.25, -0.2) is 4.79 Å². The number of carbonyl (C=O) groups excluding carboxylic acids is 1. The maximum absolute atomic E-state index is 12.7. The molecule has 1 aliphatic heterocycles. The lowest BCUT2D eigenvalue weighted by Crippen LogP contribution is -2.39. The highest BCUT2D eigenvalue weighted by atomic mass is 16.4. The molecule has 1 saturated heterocycles. The minimum absolute atomic E-state index is 0.149. The largest absolute Gasteiger partial charge is 0.478 e. The number of nitrogens with zero attached hydrogens (tertiary/aromatic N) is 3. The van der Waals surface area contributed by atoms with E-state index in [0.29, 0.717) is 25.2 Å². The van der Waals surface area contributed by atoms with E-state index in [2.05, 4.69) is 43.2 Å². The highest BCUT2D eigenvalue weighted by Crippen LogP contribution is 2.27. The number of aromatic carboxylic acids is 1. The Balaban J connectivity index is 1.55. The fraction of sp³-hybridized carbons (Fsp3) is 0.500. The molecule has 0 saturated carbocycles. The summed E-state index contributed by atoms with van der Waals surface area (Å²) in [6.45, 7) is 7.41. The fourth-order valence-corrected chi connectivity index (χ4v) is 3.95. The number of carboxylic acid groups (broad SMARTS) is 1. The first kappa shape index (κ1) is 20.1. The zero-order chi connectivity index (χ0) is 20.3. The van der Waals surface area contributed by atoms with E-state index in [1.54, 1.807) is 6.92 Å². The van der Waals surface area contributed by atoms with E-state index >= 15 is 0 Å². The molecule has 1 unspecified atom stereocenters. The SMILES string of the molecule is CCc1ccc(C(C)CC(=O)N2CCC(n3ncc(C(=O)O)c3C)CC2)cc1. The second-order valence-electron chi connectivity index (χ2n) is 7.71. The van der Waals surface area contributed by atoms with Gasteiger partial charge < -0.3 is 10.0 Å². The number of hydrogen-bond acceptors (Lipinski definition) is 3. The van der Waals surface area contributed by atoms with Crippen LogP contribution in [-0.4, -0.2) is 44.8 Å². The van der Waals surface area contributed by atoms with E-state index < -0.39 is 5.97 Å². The first-order chi connectivity index (χ1) is 13.4. The summed E-state index contributed by atoms with van der Waals surface area (Å²) in [7, 11) is 0. The minimum atomic E-state index is -0.947. The molecular weight excluding hydrogens is 354 g/mol. The van der Waals surface area contributed by atoms with Gasteiger partial charge in [-0.15, -0.1) is 0 Å². The van der Waals surface area contributed by atoms with Gasteiger partial charge in [0.25, 0.3) is 0 Å². The number of hydrogen-bond donors (Lipinski definition) is 1. The second kappa shape index (κ2) is 8.59. The molecule has 0 aliphatic carbocycles. The van der Waals surface area contributed by atoms with E-state index in [9.17, 15) is 14.7 Å². The zero-order valence-electron chi connectivity index (χ0n) is 16.9. The van der Waals surface area contributed by atoms with Crippen LogP contribution in [0.15, 0.2) is 30.5 Å².